The third kappa shape index (κ3) is 4.97. The van der Waals surface area contributed by atoms with Gasteiger partial charge in [0.15, 0.2) is 0 Å². The van der Waals surface area contributed by atoms with Crippen molar-refractivity contribution in [2.75, 3.05) is 49.7 Å². The van der Waals surface area contributed by atoms with E-state index in [0.717, 1.165) is 29.0 Å². The minimum Gasteiger partial charge on any atom is -0.492 e. The number of hydrogen-bond donors (Lipinski definition) is 1. The summed E-state index contributed by atoms with van der Waals surface area (Å²) in [6.45, 7) is 7.82. The number of nitrogens with zero attached hydrogens (tertiary/aromatic N) is 1. The predicted molar refractivity (Wildman–Crippen MR) is 114 cm³/mol. The molecule has 7 heteroatoms. The molecule has 28 heavy (non-hydrogen) atoms. The molecule has 0 aromatic heterocycles. The average molecular weight is 449 g/mol. The van der Waals surface area contributed by atoms with E-state index >= 15 is 0 Å². The van der Waals surface area contributed by atoms with Gasteiger partial charge in [0.05, 0.1) is 37.8 Å². The van der Waals surface area contributed by atoms with Gasteiger partial charge in [-0.05, 0) is 32.0 Å². The highest BCUT2D eigenvalue weighted by Gasteiger charge is 2.20. The van der Waals surface area contributed by atoms with Crippen molar-refractivity contribution in [3.63, 3.8) is 0 Å². The van der Waals surface area contributed by atoms with Gasteiger partial charge in [-0.25, -0.2) is 0 Å². The molecule has 0 spiro atoms. The maximum atomic E-state index is 12.7. The number of carbonyl (C=O) groups excluding carboxylic acids is 1. The fourth-order valence-electron chi connectivity index (χ4n) is 3.07. The normalized spacial score (nSPS) is 13.9. The van der Waals surface area contributed by atoms with Crippen LogP contribution in [0.25, 0.3) is 0 Å². The first kappa shape index (κ1) is 20.5. The third-order valence-electron chi connectivity index (χ3n) is 4.35. The molecule has 0 atom stereocenters. The molecule has 0 bridgehead atoms. The molecular weight excluding hydrogens is 424 g/mol. The Morgan fingerprint density at radius 3 is 2.50 bits per heavy atom. The quantitative estimate of drug-likeness (QED) is 0.682. The first-order chi connectivity index (χ1) is 13.6. The fourth-order valence-corrected chi connectivity index (χ4v) is 3.47. The lowest BCUT2D eigenvalue weighted by atomic mass is 10.1. The SMILES string of the molecule is CCOc1cc(N2CCOCC2)c(OCC)cc1NC(=O)c1cccc(Br)c1. The average Bonchev–Trinajstić information content (AvgIpc) is 2.70. The highest BCUT2D eigenvalue weighted by molar-refractivity contribution is 9.10. The number of benzene rings is 2. The lowest BCUT2D eigenvalue weighted by Gasteiger charge is -2.31. The summed E-state index contributed by atoms with van der Waals surface area (Å²) in [6.07, 6.45) is 0. The van der Waals surface area contributed by atoms with Crippen LogP contribution < -0.4 is 19.7 Å². The van der Waals surface area contributed by atoms with E-state index in [4.69, 9.17) is 14.2 Å². The van der Waals surface area contributed by atoms with Crippen LogP contribution in [0.3, 0.4) is 0 Å². The van der Waals surface area contributed by atoms with Crippen LogP contribution in [0.5, 0.6) is 11.5 Å². The minimum atomic E-state index is -0.205. The van der Waals surface area contributed by atoms with Gasteiger partial charge in [-0.1, -0.05) is 22.0 Å². The lowest BCUT2D eigenvalue weighted by Crippen LogP contribution is -2.36. The second-order valence-electron chi connectivity index (χ2n) is 6.25. The van der Waals surface area contributed by atoms with Gasteiger partial charge < -0.3 is 24.4 Å². The molecule has 2 aromatic rings. The largest absolute Gasteiger partial charge is 0.492 e. The molecule has 1 aliphatic heterocycles. The number of rotatable bonds is 7. The molecule has 1 fully saturated rings. The van der Waals surface area contributed by atoms with E-state index < -0.39 is 0 Å². The number of halogens is 1. The summed E-state index contributed by atoms with van der Waals surface area (Å²) >= 11 is 3.40. The van der Waals surface area contributed by atoms with E-state index in [1.165, 1.54) is 0 Å². The number of hydrogen-bond acceptors (Lipinski definition) is 5. The zero-order valence-electron chi connectivity index (χ0n) is 16.2. The van der Waals surface area contributed by atoms with Crippen molar-refractivity contribution in [2.24, 2.45) is 0 Å². The number of morpholine rings is 1. The molecule has 0 unspecified atom stereocenters. The topological polar surface area (TPSA) is 60.0 Å². The Balaban J connectivity index is 1.94. The summed E-state index contributed by atoms with van der Waals surface area (Å²) in [7, 11) is 0. The molecule has 0 radical (unpaired) electrons. The van der Waals surface area contributed by atoms with E-state index in [-0.39, 0.29) is 5.91 Å². The van der Waals surface area contributed by atoms with Crippen LogP contribution in [0.4, 0.5) is 11.4 Å². The molecular formula is C21H25BrN2O4. The van der Waals surface area contributed by atoms with Crippen LogP contribution in [0.15, 0.2) is 40.9 Å². The summed E-state index contributed by atoms with van der Waals surface area (Å²) in [6, 6.07) is 11.0. The summed E-state index contributed by atoms with van der Waals surface area (Å²) < 4.78 is 18.0. The van der Waals surface area contributed by atoms with Gasteiger partial charge in [0.1, 0.15) is 11.5 Å². The van der Waals surface area contributed by atoms with Crippen molar-refractivity contribution < 1.29 is 19.0 Å². The molecule has 0 aliphatic carbocycles. The second-order valence-corrected chi connectivity index (χ2v) is 7.16. The van der Waals surface area contributed by atoms with Gasteiger partial charge in [-0.3, -0.25) is 4.79 Å². The Hall–Kier alpha value is -2.25. The highest BCUT2D eigenvalue weighted by atomic mass is 79.9. The number of amides is 1. The molecule has 6 nitrogen and oxygen atoms in total. The maximum Gasteiger partial charge on any atom is 0.255 e. The molecule has 1 N–H and O–H groups in total. The Morgan fingerprint density at radius 1 is 1.11 bits per heavy atom. The first-order valence-corrected chi connectivity index (χ1v) is 10.2. The number of nitrogens with one attached hydrogen (secondary N) is 1. The van der Waals surface area contributed by atoms with Crippen LogP contribution in [0.1, 0.15) is 24.2 Å². The summed E-state index contributed by atoms with van der Waals surface area (Å²) in [5.41, 5.74) is 2.10. The van der Waals surface area contributed by atoms with Gasteiger partial charge in [-0.15, -0.1) is 0 Å². The fraction of sp³-hybridized carbons (Fsp3) is 0.381. The standard InChI is InChI=1S/C21H25BrN2O4/c1-3-27-19-14-18(24-8-10-26-11-9-24)20(28-4-2)13-17(19)23-21(25)15-6-5-7-16(22)12-15/h5-7,12-14H,3-4,8-11H2,1-2H3,(H,23,25). The molecule has 3 rings (SSSR count). The van der Waals surface area contributed by atoms with E-state index in [2.05, 4.69) is 26.1 Å². The lowest BCUT2D eigenvalue weighted by molar-refractivity contribution is 0.102. The number of ether oxygens (including phenoxy) is 3. The molecule has 0 saturated carbocycles. The molecule has 1 aliphatic rings. The minimum absolute atomic E-state index is 0.205. The van der Waals surface area contributed by atoms with Crippen molar-refractivity contribution in [2.45, 2.75) is 13.8 Å². The Bertz CT molecular complexity index is 822. The molecule has 1 heterocycles. The van der Waals surface area contributed by atoms with Crippen LogP contribution in [-0.2, 0) is 4.74 Å². The van der Waals surface area contributed by atoms with Gasteiger partial charge in [0.25, 0.3) is 5.91 Å². The van der Waals surface area contributed by atoms with Gasteiger partial charge >= 0.3 is 0 Å². The zero-order valence-corrected chi connectivity index (χ0v) is 17.8. The van der Waals surface area contributed by atoms with Crippen molar-refractivity contribution in [3.05, 3.63) is 46.4 Å². The van der Waals surface area contributed by atoms with E-state index in [1.54, 1.807) is 12.1 Å². The maximum absolute atomic E-state index is 12.7. The predicted octanol–water partition coefficient (Wildman–Crippen LogP) is 4.34. The first-order valence-electron chi connectivity index (χ1n) is 9.45. The molecule has 1 saturated heterocycles. The van der Waals surface area contributed by atoms with Crippen molar-refractivity contribution >= 4 is 33.2 Å². The van der Waals surface area contributed by atoms with Crippen molar-refractivity contribution in [1.82, 2.24) is 0 Å². The van der Waals surface area contributed by atoms with Gasteiger partial charge in [-0.2, -0.15) is 0 Å². The smallest absolute Gasteiger partial charge is 0.255 e. The Kier molecular flexibility index (Phi) is 7.17. The molecule has 150 valence electrons. The van der Waals surface area contributed by atoms with E-state index in [0.29, 0.717) is 43.4 Å². The van der Waals surface area contributed by atoms with Crippen molar-refractivity contribution in [3.8, 4) is 11.5 Å². The molecule has 1 amide bonds. The van der Waals surface area contributed by atoms with Crippen molar-refractivity contribution in [1.29, 1.82) is 0 Å². The monoisotopic (exact) mass is 448 g/mol. The Labute approximate surface area is 173 Å². The summed E-state index contributed by atoms with van der Waals surface area (Å²) in [5.74, 6) is 1.14. The molecule has 2 aromatic carbocycles. The highest BCUT2D eigenvalue weighted by Crippen LogP contribution is 2.39. The number of carbonyl (C=O) groups is 1. The van der Waals surface area contributed by atoms with Gasteiger partial charge in [0, 0.05) is 35.3 Å². The van der Waals surface area contributed by atoms with E-state index in [9.17, 15) is 4.79 Å². The Morgan fingerprint density at radius 2 is 1.82 bits per heavy atom. The van der Waals surface area contributed by atoms with Crippen LogP contribution >= 0.6 is 15.9 Å². The summed E-state index contributed by atoms with van der Waals surface area (Å²) in [4.78, 5) is 14.9. The van der Waals surface area contributed by atoms with Crippen LogP contribution in [0.2, 0.25) is 0 Å². The number of anilines is 2. The second kappa shape index (κ2) is 9.80. The summed E-state index contributed by atoms with van der Waals surface area (Å²) in [5, 5.41) is 2.96. The van der Waals surface area contributed by atoms with Crippen LogP contribution in [0, 0.1) is 0 Å². The van der Waals surface area contributed by atoms with Gasteiger partial charge in [0.2, 0.25) is 0 Å². The van der Waals surface area contributed by atoms with E-state index in [1.807, 2.05) is 38.1 Å². The zero-order chi connectivity index (χ0) is 19.9. The third-order valence-corrected chi connectivity index (χ3v) is 4.84. The van der Waals surface area contributed by atoms with Crippen LogP contribution in [-0.4, -0.2) is 45.4 Å².